The van der Waals surface area contributed by atoms with Crippen LogP contribution >= 0.6 is 0 Å². The Bertz CT molecular complexity index is 1750. The van der Waals surface area contributed by atoms with E-state index < -0.39 is 71.7 Å². The highest BCUT2D eigenvalue weighted by Gasteiger charge is 2.55. The van der Waals surface area contributed by atoms with Gasteiger partial charge >= 0.3 is 5.97 Å². The van der Waals surface area contributed by atoms with Crippen molar-refractivity contribution in [2.75, 3.05) is 19.8 Å². The minimum atomic E-state index is -1.83. The van der Waals surface area contributed by atoms with Gasteiger partial charge in [-0.15, -0.1) is 0 Å². The zero-order valence-electron chi connectivity index (χ0n) is 40.0. The molecule has 0 aliphatic carbocycles. The first-order valence-corrected chi connectivity index (χ1v) is 24.7. The molecular weight excluding hydrogens is 837 g/mol. The van der Waals surface area contributed by atoms with E-state index >= 15 is 0 Å². The number of carbonyl (C=O) groups is 1. The number of aliphatic hydroxyl groups excluding tert-OH is 4. The Kier molecular flexibility index (Phi) is 16.3. The molecule has 368 valence electrons. The third-order valence-corrected chi connectivity index (χ3v) is 15.5. The van der Waals surface area contributed by atoms with Crippen LogP contribution in [0.2, 0.25) is 0 Å². The molecule has 7 aliphatic rings. The number of carbonyl (C=O) groups excluding carboxylic acids is 1. The standard InChI is InChI=1S/C51H80O14/c1-30(11-9-23-52)29-58-47(56)48(8,57)28-38-15-16-42(54)51(62-38)27-31(2)25-41(63-51)32(3)13-14-37-18-20-49(61-37)21-19-40-46(64-49)43(55)36(7)45(60-40)39(53)26-34(5)44-33(4)17-22-50(65-44)35(6)12-10-24-59-50/h11,13-14,27,32-35,37-46,52-55,57H,7,9-10,12,15-26,28-29H2,1-6,8H3. The number of ether oxygens (including phenoxy) is 8. The molecular formula is C51H80O14. The molecule has 0 aromatic rings. The number of hydrogen-bond acceptors (Lipinski definition) is 14. The summed E-state index contributed by atoms with van der Waals surface area (Å²) >= 11 is 0. The first-order valence-electron chi connectivity index (χ1n) is 24.7. The van der Waals surface area contributed by atoms with Crippen molar-refractivity contribution >= 4 is 5.97 Å². The van der Waals surface area contributed by atoms with Crippen LogP contribution in [0.4, 0.5) is 0 Å². The lowest BCUT2D eigenvalue weighted by molar-refractivity contribution is -0.334. The molecule has 6 saturated heterocycles. The van der Waals surface area contributed by atoms with Crippen LogP contribution in [-0.4, -0.2) is 135 Å². The first-order chi connectivity index (χ1) is 30.8. The molecule has 0 saturated carbocycles. The summed E-state index contributed by atoms with van der Waals surface area (Å²) < 4.78 is 51.3. The topological polar surface area (TPSA) is 192 Å². The molecule has 7 heterocycles. The van der Waals surface area contributed by atoms with Crippen molar-refractivity contribution in [2.24, 2.45) is 23.7 Å². The largest absolute Gasteiger partial charge is 0.459 e. The van der Waals surface area contributed by atoms with Crippen molar-refractivity contribution < 1.29 is 68.2 Å². The molecule has 0 aromatic heterocycles. The molecule has 7 rings (SSSR count). The second-order valence-electron chi connectivity index (χ2n) is 21.2. The van der Waals surface area contributed by atoms with Crippen molar-refractivity contribution in [3.8, 4) is 0 Å². The minimum absolute atomic E-state index is 0.00302. The van der Waals surface area contributed by atoms with Crippen LogP contribution in [0.25, 0.3) is 0 Å². The summed E-state index contributed by atoms with van der Waals surface area (Å²) in [4.78, 5) is 12.9. The highest BCUT2D eigenvalue weighted by molar-refractivity contribution is 5.78. The zero-order valence-corrected chi connectivity index (χ0v) is 40.0. The van der Waals surface area contributed by atoms with Gasteiger partial charge in [-0.05, 0) is 114 Å². The number of rotatable bonds is 14. The summed E-state index contributed by atoms with van der Waals surface area (Å²) in [6.07, 6.45) is 10.7. The maximum atomic E-state index is 12.9. The van der Waals surface area contributed by atoms with E-state index in [4.69, 9.17) is 43.0 Å². The SMILES string of the molecule is C=C1C(O)C2OC3(CCC(C=CC(C)C4CC(C)=CC5(OC(CC(C)(O)C(=O)OCC(C)=CCCO)CCC5O)O4)O3)CCC2OC1C(O)CC(C)C1OC2(CCC1C)OCCCC2C. The van der Waals surface area contributed by atoms with Crippen molar-refractivity contribution in [3.63, 3.8) is 0 Å². The monoisotopic (exact) mass is 917 g/mol. The lowest BCUT2D eigenvalue weighted by Crippen LogP contribution is -2.60. The summed E-state index contributed by atoms with van der Waals surface area (Å²) in [5.74, 6) is -3.04. The van der Waals surface area contributed by atoms with Gasteiger partial charge in [0.15, 0.2) is 17.2 Å². The van der Waals surface area contributed by atoms with Gasteiger partial charge in [-0.2, -0.15) is 0 Å². The fourth-order valence-electron chi connectivity index (χ4n) is 11.6. The van der Waals surface area contributed by atoms with E-state index in [1.807, 2.05) is 19.1 Å². The van der Waals surface area contributed by atoms with Gasteiger partial charge in [0.2, 0.25) is 5.79 Å². The van der Waals surface area contributed by atoms with Crippen LogP contribution in [0.5, 0.6) is 0 Å². The Morgan fingerprint density at radius 2 is 1.80 bits per heavy atom. The molecule has 0 bridgehead atoms. The average Bonchev–Trinajstić information content (AvgIpc) is 3.66. The molecule has 0 aromatic carbocycles. The lowest BCUT2D eigenvalue weighted by atomic mass is 9.78. The average molecular weight is 917 g/mol. The zero-order chi connectivity index (χ0) is 46.9. The van der Waals surface area contributed by atoms with Crippen LogP contribution in [0.3, 0.4) is 0 Å². The molecule has 18 atom stereocenters. The van der Waals surface area contributed by atoms with Crippen LogP contribution in [0, 0.1) is 23.7 Å². The van der Waals surface area contributed by atoms with E-state index in [9.17, 15) is 25.2 Å². The molecule has 7 aliphatic heterocycles. The van der Waals surface area contributed by atoms with Gasteiger partial charge in [0, 0.05) is 44.1 Å². The number of fused-ring (bicyclic) bond motifs is 1. The Balaban J connectivity index is 0.905. The third kappa shape index (κ3) is 11.4. The van der Waals surface area contributed by atoms with E-state index in [-0.39, 0.29) is 49.8 Å². The summed E-state index contributed by atoms with van der Waals surface area (Å²) in [5.41, 5.74) is 0.366. The summed E-state index contributed by atoms with van der Waals surface area (Å²) in [7, 11) is 0. The minimum Gasteiger partial charge on any atom is -0.459 e. The number of esters is 1. The summed E-state index contributed by atoms with van der Waals surface area (Å²) in [6, 6.07) is 0. The fourth-order valence-corrected chi connectivity index (χ4v) is 11.6. The van der Waals surface area contributed by atoms with Gasteiger partial charge in [-0.3, -0.25) is 0 Å². The molecule has 6 fully saturated rings. The van der Waals surface area contributed by atoms with E-state index in [0.29, 0.717) is 75.4 Å². The molecule has 14 heteroatoms. The van der Waals surface area contributed by atoms with Crippen LogP contribution in [0.15, 0.2) is 47.6 Å². The maximum Gasteiger partial charge on any atom is 0.338 e. The Hall–Kier alpha value is -2.05. The second kappa shape index (κ2) is 20.9. The van der Waals surface area contributed by atoms with E-state index in [2.05, 4.69) is 40.3 Å². The van der Waals surface area contributed by atoms with Crippen molar-refractivity contribution in [1.82, 2.24) is 0 Å². The molecule has 0 radical (unpaired) electrons. The molecule has 3 spiro atoms. The Morgan fingerprint density at radius 1 is 1.03 bits per heavy atom. The second-order valence-corrected chi connectivity index (χ2v) is 21.2. The van der Waals surface area contributed by atoms with Gasteiger partial charge in [0.25, 0.3) is 0 Å². The van der Waals surface area contributed by atoms with Gasteiger partial charge in [-0.1, -0.05) is 58.1 Å². The van der Waals surface area contributed by atoms with Crippen molar-refractivity contribution in [3.05, 3.63) is 47.6 Å². The van der Waals surface area contributed by atoms with Gasteiger partial charge in [0.1, 0.15) is 31.0 Å². The molecule has 14 nitrogen and oxygen atoms in total. The molecule has 5 N–H and O–H groups in total. The molecule has 65 heavy (non-hydrogen) atoms. The van der Waals surface area contributed by atoms with Gasteiger partial charge in [0.05, 0.1) is 43.2 Å². The molecule has 18 unspecified atom stereocenters. The first kappa shape index (κ1) is 50.8. The lowest BCUT2D eigenvalue weighted by Gasteiger charge is -2.51. The summed E-state index contributed by atoms with van der Waals surface area (Å²) in [6.45, 7) is 18.8. The van der Waals surface area contributed by atoms with Crippen molar-refractivity contribution in [2.45, 2.75) is 222 Å². The number of aliphatic hydroxyl groups is 5. The third-order valence-electron chi connectivity index (χ3n) is 15.5. The van der Waals surface area contributed by atoms with E-state index in [1.54, 1.807) is 13.0 Å². The van der Waals surface area contributed by atoms with Crippen LogP contribution < -0.4 is 0 Å². The highest BCUT2D eigenvalue weighted by atomic mass is 16.7. The Morgan fingerprint density at radius 3 is 2.55 bits per heavy atom. The highest BCUT2D eigenvalue weighted by Crippen LogP contribution is 2.48. The van der Waals surface area contributed by atoms with Gasteiger partial charge < -0.3 is 63.4 Å². The van der Waals surface area contributed by atoms with Crippen LogP contribution in [0.1, 0.15) is 138 Å². The smallest absolute Gasteiger partial charge is 0.338 e. The Labute approximate surface area is 386 Å². The predicted molar refractivity (Wildman–Crippen MR) is 241 cm³/mol. The summed E-state index contributed by atoms with van der Waals surface area (Å²) in [5, 5.41) is 54.8. The van der Waals surface area contributed by atoms with Crippen LogP contribution in [-0.2, 0) is 42.7 Å². The quantitative estimate of drug-likeness (QED) is 0.0971. The van der Waals surface area contributed by atoms with Crippen molar-refractivity contribution in [1.29, 1.82) is 0 Å². The predicted octanol–water partition coefficient (Wildman–Crippen LogP) is 6.25. The molecule has 0 amide bonds. The van der Waals surface area contributed by atoms with E-state index in [1.165, 1.54) is 6.92 Å². The van der Waals surface area contributed by atoms with E-state index in [0.717, 1.165) is 43.3 Å². The number of hydrogen-bond donors (Lipinski definition) is 5. The fraction of sp³-hybridized carbons (Fsp3) is 0.824. The van der Waals surface area contributed by atoms with Gasteiger partial charge in [-0.25, -0.2) is 4.79 Å². The maximum absolute atomic E-state index is 12.9. The normalized spacial score (nSPS) is 42.7.